The van der Waals surface area contributed by atoms with Crippen LogP contribution in [0.4, 0.5) is 0 Å². The maximum Gasteiger partial charge on any atom is 0.367 e. The standard InChI is InChI=1S/C11H9NO2S.C3H3NO/c13-11(10-12-6-7-15-10)14-8-9-4-2-1-3-5-9;1-2-4-5-3-1/h1-7H,8H2;1-3H. The van der Waals surface area contributed by atoms with E-state index in [1.807, 2.05) is 30.3 Å². The Morgan fingerprint density at radius 2 is 2.05 bits per heavy atom. The van der Waals surface area contributed by atoms with Crippen LogP contribution in [-0.4, -0.2) is 16.1 Å². The first-order valence-electron chi connectivity index (χ1n) is 5.81. The number of ether oxygens (including phenoxy) is 1. The Morgan fingerprint density at radius 1 is 1.20 bits per heavy atom. The van der Waals surface area contributed by atoms with E-state index in [0.29, 0.717) is 11.6 Å². The van der Waals surface area contributed by atoms with Crippen molar-refractivity contribution in [3.63, 3.8) is 0 Å². The zero-order valence-corrected chi connectivity index (χ0v) is 11.3. The molecule has 6 heteroatoms. The van der Waals surface area contributed by atoms with E-state index >= 15 is 0 Å². The van der Waals surface area contributed by atoms with Gasteiger partial charge in [-0.2, -0.15) is 0 Å². The highest BCUT2D eigenvalue weighted by atomic mass is 32.1. The molecule has 0 atom stereocenters. The van der Waals surface area contributed by atoms with Gasteiger partial charge in [-0.1, -0.05) is 35.5 Å². The molecule has 0 N–H and O–H groups in total. The summed E-state index contributed by atoms with van der Waals surface area (Å²) >= 11 is 1.28. The van der Waals surface area contributed by atoms with Gasteiger partial charge >= 0.3 is 5.97 Å². The fourth-order valence-corrected chi connectivity index (χ4v) is 1.81. The third-order valence-electron chi connectivity index (χ3n) is 2.17. The predicted molar refractivity (Wildman–Crippen MR) is 74.2 cm³/mol. The van der Waals surface area contributed by atoms with Crippen molar-refractivity contribution in [2.45, 2.75) is 6.61 Å². The average Bonchev–Trinajstić information content (AvgIpc) is 3.20. The van der Waals surface area contributed by atoms with Gasteiger partial charge < -0.3 is 9.26 Å². The largest absolute Gasteiger partial charge is 0.455 e. The van der Waals surface area contributed by atoms with E-state index in [1.165, 1.54) is 17.6 Å². The summed E-state index contributed by atoms with van der Waals surface area (Å²) in [7, 11) is 0. The molecule has 0 unspecified atom stereocenters. The summed E-state index contributed by atoms with van der Waals surface area (Å²) in [6.07, 6.45) is 4.68. The third kappa shape index (κ3) is 4.66. The Kier molecular flexibility index (Phi) is 5.48. The average molecular weight is 288 g/mol. The maximum atomic E-state index is 11.4. The third-order valence-corrected chi connectivity index (χ3v) is 2.92. The summed E-state index contributed by atoms with van der Waals surface area (Å²) in [5.74, 6) is -0.367. The molecule has 3 aromatic rings. The van der Waals surface area contributed by atoms with Gasteiger partial charge in [-0.25, -0.2) is 9.78 Å². The Bertz CT molecular complexity index is 577. The fraction of sp³-hybridized carbons (Fsp3) is 0.0714. The fourth-order valence-electron chi connectivity index (χ4n) is 1.28. The first-order valence-corrected chi connectivity index (χ1v) is 6.69. The number of benzene rings is 1. The zero-order chi connectivity index (χ0) is 14.0. The van der Waals surface area contributed by atoms with Gasteiger partial charge in [0.2, 0.25) is 5.01 Å². The molecule has 0 aliphatic rings. The van der Waals surface area contributed by atoms with Crippen molar-refractivity contribution in [2.24, 2.45) is 0 Å². The number of nitrogens with zero attached hydrogens (tertiary/aromatic N) is 2. The van der Waals surface area contributed by atoms with Crippen LogP contribution in [0.3, 0.4) is 0 Å². The molecule has 0 aliphatic heterocycles. The first kappa shape index (κ1) is 14.0. The highest BCUT2D eigenvalue weighted by Gasteiger charge is 2.09. The number of aromatic nitrogens is 2. The van der Waals surface area contributed by atoms with Gasteiger partial charge in [-0.3, -0.25) is 0 Å². The van der Waals surface area contributed by atoms with Crippen LogP contribution in [0.2, 0.25) is 0 Å². The maximum absolute atomic E-state index is 11.4. The van der Waals surface area contributed by atoms with Gasteiger partial charge in [-0.15, -0.1) is 11.3 Å². The second-order valence-electron chi connectivity index (χ2n) is 3.59. The van der Waals surface area contributed by atoms with Crippen molar-refractivity contribution in [1.82, 2.24) is 10.1 Å². The van der Waals surface area contributed by atoms with Crippen LogP contribution in [0.1, 0.15) is 15.4 Å². The molecule has 20 heavy (non-hydrogen) atoms. The van der Waals surface area contributed by atoms with Crippen molar-refractivity contribution >= 4 is 17.3 Å². The van der Waals surface area contributed by atoms with E-state index in [-0.39, 0.29) is 5.97 Å². The van der Waals surface area contributed by atoms with Gasteiger partial charge in [0.25, 0.3) is 0 Å². The van der Waals surface area contributed by atoms with Gasteiger partial charge in [0.1, 0.15) is 12.9 Å². The molecule has 1 aromatic carbocycles. The normalized spacial score (nSPS) is 9.40. The molecule has 0 radical (unpaired) electrons. The lowest BCUT2D eigenvalue weighted by Crippen LogP contribution is -2.04. The van der Waals surface area contributed by atoms with Gasteiger partial charge in [0.15, 0.2) is 0 Å². The Labute approximate surface area is 119 Å². The Balaban J connectivity index is 0.000000247. The van der Waals surface area contributed by atoms with E-state index in [9.17, 15) is 4.79 Å². The summed E-state index contributed by atoms with van der Waals surface area (Å²) < 4.78 is 9.41. The molecule has 0 bridgehead atoms. The quantitative estimate of drug-likeness (QED) is 0.692. The lowest BCUT2D eigenvalue weighted by atomic mass is 10.2. The molecule has 5 nitrogen and oxygen atoms in total. The number of esters is 1. The smallest absolute Gasteiger partial charge is 0.367 e. The summed E-state index contributed by atoms with van der Waals surface area (Å²) in [5.41, 5.74) is 0.974. The number of hydrogen-bond acceptors (Lipinski definition) is 6. The molecular formula is C14H12N2O3S. The lowest BCUT2D eigenvalue weighted by Gasteiger charge is -2.01. The van der Waals surface area contributed by atoms with Gasteiger partial charge in [0, 0.05) is 11.6 Å². The number of carbonyl (C=O) groups excluding carboxylic acids is 1. The van der Waals surface area contributed by atoms with E-state index in [1.54, 1.807) is 23.8 Å². The minimum absolute atomic E-state index is 0.291. The highest BCUT2D eigenvalue weighted by molar-refractivity contribution is 7.11. The van der Waals surface area contributed by atoms with Crippen LogP contribution in [0.15, 0.2) is 65.0 Å². The van der Waals surface area contributed by atoms with Crippen LogP contribution in [0.25, 0.3) is 0 Å². The van der Waals surface area contributed by atoms with Crippen LogP contribution in [0.5, 0.6) is 0 Å². The molecule has 0 aliphatic carbocycles. The van der Waals surface area contributed by atoms with Crippen LogP contribution < -0.4 is 0 Å². The summed E-state index contributed by atoms with van der Waals surface area (Å²) in [6, 6.07) is 11.3. The zero-order valence-electron chi connectivity index (χ0n) is 10.5. The molecule has 2 aromatic heterocycles. The van der Waals surface area contributed by atoms with Crippen molar-refractivity contribution < 1.29 is 14.1 Å². The molecule has 0 saturated carbocycles. The minimum atomic E-state index is -0.367. The second kappa shape index (κ2) is 7.85. The minimum Gasteiger partial charge on any atom is -0.455 e. The summed E-state index contributed by atoms with van der Waals surface area (Å²) in [5, 5.41) is 5.49. The topological polar surface area (TPSA) is 65.2 Å². The monoisotopic (exact) mass is 288 g/mol. The van der Waals surface area contributed by atoms with Crippen LogP contribution in [0, 0.1) is 0 Å². The molecule has 0 saturated heterocycles. The molecular weight excluding hydrogens is 276 g/mol. The Morgan fingerprint density at radius 3 is 2.60 bits per heavy atom. The molecule has 0 amide bonds. The SMILES string of the molecule is O=C(OCc1ccccc1)c1nccs1.c1cnoc1. The van der Waals surface area contributed by atoms with Crippen LogP contribution in [-0.2, 0) is 11.3 Å². The molecule has 3 rings (SSSR count). The number of rotatable bonds is 3. The molecule has 2 heterocycles. The van der Waals surface area contributed by atoms with Crippen LogP contribution >= 0.6 is 11.3 Å². The lowest BCUT2D eigenvalue weighted by molar-refractivity contribution is 0.0472. The number of thiazole rings is 1. The number of carbonyl (C=O) groups is 1. The second-order valence-corrected chi connectivity index (χ2v) is 4.48. The molecule has 0 spiro atoms. The molecule has 0 fully saturated rings. The number of hydrogen-bond donors (Lipinski definition) is 0. The predicted octanol–water partition coefficient (Wildman–Crippen LogP) is 3.17. The van der Waals surface area contributed by atoms with Crippen molar-refractivity contribution in [3.05, 3.63) is 71.0 Å². The van der Waals surface area contributed by atoms with E-state index in [0.717, 1.165) is 5.56 Å². The van der Waals surface area contributed by atoms with E-state index < -0.39 is 0 Å². The van der Waals surface area contributed by atoms with Gasteiger partial charge in [0.05, 0.1) is 6.20 Å². The van der Waals surface area contributed by atoms with Crippen molar-refractivity contribution in [3.8, 4) is 0 Å². The Hall–Kier alpha value is -2.47. The summed E-state index contributed by atoms with van der Waals surface area (Å²) in [6.45, 7) is 0.291. The van der Waals surface area contributed by atoms with E-state index in [4.69, 9.17) is 4.74 Å². The first-order chi connectivity index (χ1) is 9.86. The van der Waals surface area contributed by atoms with Crippen molar-refractivity contribution in [1.29, 1.82) is 0 Å². The molecule has 102 valence electrons. The van der Waals surface area contributed by atoms with Gasteiger partial charge in [-0.05, 0) is 11.6 Å². The summed E-state index contributed by atoms with van der Waals surface area (Å²) in [4.78, 5) is 15.3. The van der Waals surface area contributed by atoms with Crippen molar-refractivity contribution in [2.75, 3.05) is 0 Å². The van der Waals surface area contributed by atoms with E-state index in [2.05, 4.69) is 14.7 Å². The highest BCUT2D eigenvalue weighted by Crippen LogP contribution is 2.08.